The van der Waals surface area contributed by atoms with E-state index in [1.54, 1.807) is 0 Å². The summed E-state index contributed by atoms with van der Waals surface area (Å²) >= 11 is 0. The smallest absolute Gasteiger partial charge is 0.416 e. The molecule has 3 N–H and O–H groups in total. The average Bonchev–Trinajstić information content (AvgIpc) is 2.86. The third-order valence-electron chi connectivity index (χ3n) is 4.92. The first kappa shape index (κ1) is 26.3. The van der Waals surface area contributed by atoms with E-state index in [2.05, 4.69) is 17.4 Å². The van der Waals surface area contributed by atoms with E-state index in [0.717, 1.165) is 29.8 Å². The van der Waals surface area contributed by atoms with E-state index in [1.807, 2.05) is 30.3 Å². The molecule has 0 heterocycles. The predicted molar refractivity (Wildman–Crippen MR) is 127 cm³/mol. The van der Waals surface area contributed by atoms with Crippen LogP contribution in [0.2, 0.25) is 0 Å². The van der Waals surface area contributed by atoms with E-state index in [4.69, 9.17) is 9.57 Å². The molecule has 0 fully saturated rings. The lowest BCUT2D eigenvalue weighted by molar-refractivity contribution is -0.137. The molecule has 0 aromatic heterocycles. The summed E-state index contributed by atoms with van der Waals surface area (Å²) in [7, 11) is 0. The molecule has 10 heteroatoms. The van der Waals surface area contributed by atoms with E-state index in [0.29, 0.717) is 24.5 Å². The van der Waals surface area contributed by atoms with Crippen molar-refractivity contribution in [1.29, 1.82) is 0 Å². The zero-order chi connectivity index (χ0) is 26.1. The maximum absolute atomic E-state index is 12.7. The van der Waals surface area contributed by atoms with Crippen LogP contribution in [0.15, 0.2) is 79.4 Å². The fourth-order valence-corrected chi connectivity index (χ4v) is 3.07. The van der Waals surface area contributed by atoms with E-state index >= 15 is 0 Å². The zero-order valence-corrected chi connectivity index (χ0v) is 19.0. The second-order valence-corrected chi connectivity index (χ2v) is 7.54. The molecule has 0 bridgehead atoms. The van der Waals surface area contributed by atoms with Crippen molar-refractivity contribution in [3.8, 4) is 5.75 Å². The molecular weight excluding hydrogens is 477 g/mol. The molecule has 1 amide bonds. The minimum atomic E-state index is -4.53. The van der Waals surface area contributed by atoms with Gasteiger partial charge in [0, 0.05) is 18.1 Å². The van der Waals surface area contributed by atoms with Crippen molar-refractivity contribution in [1.82, 2.24) is 5.48 Å². The van der Waals surface area contributed by atoms with Crippen molar-refractivity contribution in [2.45, 2.75) is 12.6 Å². The first-order valence-corrected chi connectivity index (χ1v) is 10.8. The highest BCUT2D eigenvalue weighted by Crippen LogP contribution is 2.29. The van der Waals surface area contributed by atoms with Crippen molar-refractivity contribution in [2.75, 3.05) is 18.5 Å². The molecule has 7 nitrogen and oxygen atoms in total. The maximum Gasteiger partial charge on any atom is 0.416 e. The molecule has 3 rings (SSSR count). The van der Waals surface area contributed by atoms with Gasteiger partial charge >= 0.3 is 12.1 Å². The summed E-state index contributed by atoms with van der Waals surface area (Å²) in [6.07, 6.45) is -4.04. The van der Waals surface area contributed by atoms with Gasteiger partial charge in [-0.15, -0.1) is 0 Å². The van der Waals surface area contributed by atoms with Gasteiger partial charge in [0.15, 0.2) is 0 Å². The summed E-state index contributed by atoms with van der Waals surface area (Å²) in [5.74, 6) is -1.76. The molecule has 0 aliphatic rings. The topological polar surface area (TPSA) is 96.9 Å². The summed E-state index contributed by atoms with van der Waals surface area (Å²) < 4.78 is 43.8. The molecule has 36 heavy (non-hydrogen) atoms. The number of nitrogens with one attached hydrogen (secondary N) is 2. The van der Waals surface area contributed by atoms with Gasteiger partial charge in [-0.2, -0.15) is 13.2 Å². The van der Waals surface area contributed by atoms with Gasteiger partial charge in [-0.3, -0.25) is 15.1 Å². The fraction of sp³-hybridized carbons (Fsp3) is 0.154. The highest BCUT2D eigenvalue weighted by Gasteiger charge is 2.30. The summed E-state index contributed by atoms with van der Waals surface area (Å²) in [5, 5.41) is 11.8. The van der Waals surface area contributed by atoms with E-state index in [-0.39, 0.29) is 23.4 Å². The number of alkyl halides is 3. The van der Waals surface area contributed by atoms with Gasteiger partial charge in [0.1, 0.15) is 5.75 Å². The van der Waals surface area contributed by atoms with Gasteiger partial charge in [-0.25, -0.2) is 4.79 Å². The molecule has 0 radical (unpaired) electrons. The molecule has 188 valence electrons. The largest absolute Gasteiger partial charge is 0.493 e. The Morgan fingerprint density at radius 1 is 0.917 bits per heavy atom. The van der Waals surface area contributed by atoms with E-state index in [9.17, 15) is 27.9 Å². The Labute approximate surface area is 205 Å². The number of carboxylic acid groups (broad SMARTS) is 1. The van der Waals surface area contributed by atoms with Crippen LogP contribution in [0.25, 0.3) is 5.70 Å². The number of carbonyl (C=O) groups excluding carboxylic acids is 1. The Morgan fingerprint density at radius 2 is 1.61 bits per heavy atom. The van der Waals surface area contributed by atoms with Gasteiger partial charge < -0.3 is 15.2 Å². The number of hydroxylamine groups is 1. The van der Waals surface area contributed by atoms with E-state index in [1.165, 1.54) is 18.2 Å². The van der Waals surface area contributed by atoms with Crippen LogP contribution < -0.4 is 15.5 Å². The Balaban J connectivity index is 1.54. The summed E-state index contributed by atoms with van der Waals surface area (Å²) in [6, 6.07) is 17.0. The predicted octanol–water partition coefficient (Wildman–Crippen LogP) is 5.62. The van der Waals surface area contributed by atoms with Crippen molar-refractivity contribution in [3.05, 3.63) is 102 Å². The molecule has 0 atom stereocenters. The summed E-state index contributed by atoms with van der Waals surface area (Å²) in [6.45, 7) is 4.42. The van der Waals surface area contributed by atoms with Crippen LogP contribution in [0.1, 0.15) is 38.3 Å². The lowest BCUT2D eigenvalue weighted by Gasteiger charge is -2.13. The maximum atomic E-state index is 12.7. The number of hydrogen-bond acceptors (Lipinski definition) is 5. The number of benzene rings is 3. The fourth-order valence-electron chi connectivity index (χ4n) is 3.07. The number of carbonyl (C=O) groups is 2. The van der Waals surface area contributed by atoms with Crippen molar-refractivity contribution < 1.29 is 37.4 Å². The Hall–Kier alpha value is -4.31. The average molecular weight is 500 g/mol. The molecule has 0 unspecified atom stereocenters. The lowest BCUT2D eigenvalue weighted by atomic mass is 10.1. The number of rotatable bonds is 11. The first-order valence-electron chi connectivity index (χ1n) is 10.8. The molecule has 0 aliphatic carbocycles. The van der Waals surface area contributed by atoms with Crippen molar-refractivity contribution in [2.24, 2.45) is 0 Å². The van der Waals surface area contributed by atoms with Crippen LogP contribution in [0.4, 0.5) is 18.9 Å². The number of carboxylic acids is 1. The number of ether oxygens (including phenoxy) is 1. The van der Waals surface area contributed by atoms with Gasteiger partial charge in [0.25, 0.3) is 5.91 Å². The highest BCUT2D eigenvalue weighted by atomic mass is 19.4. The second kappa shape index (κ2) is 11.9. The molecule has 0 saturated carbocycles. The molecule has 0 aliphatic heterocycles. The second-order valence-electron chi connectivity index (χ2n) is 7.54. The van der Waals surface area contributed by atoms with Crippen molar-refractivity contribution in [3.63, 3.8) is 0 Å². The van der Waals surface area contributed by atoms with Crippen LogP contribution in [0, 0.1) is 0 Å². The van der Waals surface area contributed by atoms with Crippen LogP contribution in [0.3, 0.4) is 0 Å². The summed E-state index contributed by atoms with van der Waals surface area (Å²) in [4.78, 5) is 29.4. The third kappa shape index (κ3) is 7.34. The van der Waals surface area contributed by atoms with E-state index < -0.39 is 23.6 Å². The number of halogens is 3. The van der Waals surface area contributed by atoms with Crippen LogP contribution >= 0.6 is 0 Å². The number of aromatic carboxylic acids is 1. The Bertz CT molecular complexity index is 1210. The standard InChI is InChI=1S/C26H23F3N2O5/c1-17(18-6-3-2-4-7-18)31-36-15-5-14-35-21-12-13-22(25(33)34)23(16-21)30-24(32)19-8-10-20(11-9-19)26(27,28)29/h2-4,6-13,16,31H,1,5,14-15H2,(H,30,32)(H,33,34). The van der Waals surface area contributed by atoms with Crippen LogP contribution in [-0.2, 0) is 11.0 Å². The lowest BCUT2D eigenvalue weighted by Crippen LogP contribution is -2.16. The number of amides is 1. The van der Waals surface area contributed by atoms with Gasteiger partial charge in [0.05, 0.1) is 35.7 Å². The summed E-state index contributed by atoms with van der Waals surface area (Å²) in [5.41, 5.74) is 3.03. The minimum Gasteiger partial charge on any atom is -0.493 e. The number of hydrogen-bond donors (Lipinski definition) is 3. The van der Waals surface area contributed by atoms with Gasteiger partial charge in [-0.05, 0) is 42.0 Å². The van der Waals surface area contributed by atoms with Gasteiger partial charge in [-0.1, -0.05) is 36.9 Å². The third-order valence-corrected chi connectivity index (χ3v) is 4.92. The normalized spacial score (nSPS) is 11.0. The Morgan fingerprint density at radius 3 is 2.25 bits per heavy atom. The molecule has 3 aromatic carbocycles. The quantitative estimate of drug-likeness (QED) is 0.234. The monoisotopic (exact) mass is 500 g/mol. The minimum absolute atomic E-state index is 0.0537. The number of anilines is 1. The van der Waals surface area contributed by atoms with Crippen molar-refractivity contribution >= 4 is 23.3 Å². The SMILES string of the molecule is C=C(NOCCCOc1ccc(C(=O)O)c(NC(=O)c2ccc(C(F)(F)F)cc2)c1)c1ccccc1. The Kier molecular flexibility index (Phi) is 8.69. The molecule has 0 saturated heterocycles. The highest BCUT2D eigenvalue weighted by molar-refractivity contribution is 6.07. The molecule has 0 spiro atoms. The first-order chi connectivity index (χ1) is 17.1. The van der Waals surface area contributed by atoms with Crippen LogP contribution in [-0.4, -0.2) is 30.2 Å². The molecule has 3 aromatic rings. The van der Waals surface area contributed by atoms with Gasteiger partial charge in [0.2, 0.25) is 0 Å². The zero-order valence-electron chi connectivity index (χ0n) is 19.0. The van der Waals surface area contributed by atoms with Crippen LogP contribution in [0.5, 0.6) is 5.75 Å². The molecular formula is C26H23F3N2O5.